The number of aromatic nitrogens is 3. The van der Waals surface area contributed by atoms with Gasteiger partial charge in [0, 0.05) is 29.4 Å². The predicted octanol–water partition coefficient (Wildman–Crippen LogP) is 2.36. The lowest BCUT2D eigenvalue weighted by Gasteiger charge is -2.08. The molecule has 0 saturated heterocycles. The molecule has 2 heterocycles. The summed E-state index contributed by atoms with van der Waals surface area (Å²) in [4.78, 5) is 20.8. The number of rotatable bonds is 5. The maximum absolute atomic E-state index is 11.3. The lowest BCUT2D eigenvalue weighted by molar-refractivity contribution is 0.640. The summed E-state index contributed by atoms with van der Waals surface area (Å²) in [5.74, 6) is 0.916. The second kappa shape index (κ2) is 6.15. The van der Waals surface area contributed by atoms with Crippen LogP contribution < -0.4 is 5.56 Å². The van der Waals surface area contributed by atoms with Crippen molar-refractivity contribution in [2.45, 2.75) is 32.0 Å². The van der Waals surface area contributed by atoms with E-state index in [1.54, 1.807) is 29.3 Å². The van der Waals surface area contributed by atoms with Gasteiger partial charge in [-0.25, -0.2) is 4.98 Å². The fourth-order valence-electron chi connectivity index (χ4n) is 1.57. The molecule has 4 nitrogen and oxygen atoms in total. The SMILES string of the molecule is CCn1ccc(=O)nc1SCCc1scnc1C. The van der Waals surface area contributed by atoms with Crippen LogP contribution in [-0.2, 0) is 13.0 Å². The highest BCUT2D eigenvalue weighted by Gasteiger charge is 2.05. The molecule has 18 heavy (non-hydrogen) atoms. The molecule has 0 aromatic carbocycles. The van der Waals surface area contributed by atoms with Gasteiger partial charge in [0.25, 0.3) is 5.56 Å². The highest BCUT2D eigenvalue weighted by molar-refractivity contribution is 7.99. The van der Waals surface area contributed by atoms with Gasteiger partial charge in [0.15, 0.2) is 5.16 Å². The minimum Gasteiger partial charge on any atom is -0.328 e. The van der Waals surface area contributed by atoms with Crippen molar-refractivity contribution < 1.29 is 0 Å². The number of aryl methyl sites for hydroxylation is 3. The molecule has 0 aliphatic heterocycles. The van der Waals surface area contributed by atoms with E-state index in [1.807, 2.05) is 23.9 Å². The van der Waals surface area contributed by atoms with Crippen molar-refractivity contribution in [1.29, 1.82) is 0 Å². The van der Waals surface area contributed by atoms with Crippen LogP contribution in [-0.4, -0.2) is 20.3 Å². The molecule has 6 heteroatoms. The minimum atomic E-state index is -0.170. The molecule has 0 aliphatic rings. The third-order valence-corrected chi connectivity index (χ3v) is 4.58. The summed E-state index contributed by atoms with van der Waals surface area (Å²) in [7, 11) is 0. The fraction of sp³-hybridized carbons (Fsp3) is 0.417. The van der Waals surface area contributed by atoms with Crippen molar-refractivity contribution in [1.82, 2.24) is 14.5 Å². The smallest absolute Gasteiger partial charge is 0.273 e. The average Bonchev–Trinajstić information content (AvgIpc) is 2.76. The summed E-state index contributed by atoms with van der Waals surface area (Å²) in [6.45, 7) is 4.90. The maximum Gasteiger partial charge on any atom is 0.273 e. The molecule has 0 bridgehead atoms. The van der Waals surface area contributed by atoms with Crippen LogP contribution in [0.1, 0.15) is 17.5 Å². The van der Waals surface area contributed by atoms with Crippen molar-refractivity contribution in [2.75, 3.05) is 5.75 Å². The zero-order chi connectivity index (χ0) is 13.0. The number of thiazole rings is 1. The zero-order valence-corrected chi connectivity index (χ0v) is 12.1. The molecule has 0 amide bonds. The van der Waals surface area contributed by atoms with E-state index in [0.717, 1.165) is 29.6 Å². The molecule has 0 fully saturated rings. The fourth-order valence-corrected chi connectivity index (χ4v) is 3.48. The van der Waals surface area contributed by atoms with Crippen LogP contribution >= 0.6 is 23.1 Å². The summed E-state index contributed by atoms with van der Waals surface area (Å²) in [6, 6.07) is 1.50. The molecule has 0 saturated carbocycles. The zero-order valence-electron chi connectivity index (χ0n) is 10.4. The van der Waals surface area contributed by atoms with Gasteiger partial charge in [-0.1, -0.05) is 11.8 Å². The van der Waals surface area contributed by atoms with Crippen LogP contribution in [0.4, 0.5) is 0 Å². The quantitative estimate of drug-likeness (QED) is 0.623. The van der Waals surface area contributed by atoms with Crippen molar-refractivity contribution in [3.63, 3.8) is 0 Å². The Kier molecular flexibility index (Phi) is 4.54. The Morgan fingerprint density at radius 2 is 2.33 bits per heavy atom. The Morgan fingerprint density at radius 3 is 3.00 bits per heavy atom. The second-order valence-corrected chi connectivity index (χ2v) is 5.80. The van der Waals surface area contributed by atoms with Crippen LogP contribution in [0.15, 0.2) is 27.7 Å². The first-order valence-corrected chi connectivity index (χ1v) is 7.66. The van der Waals surface area contributed by atoms with Gasteiger partial charge in [0.2, 0.25) is 0 Å². The Morgan fingerprint density at radius 1 is 1.50 bits per heavy atom. The lowest BCUT2D eigenvalue weighted by Crippen LogP contribution is -2.12. The molecule has 2 aromatic heterocycles. The van der Waals surface area contributed by atoms with Gasteiger partial charge in [-0.2, -0.15) is 4.98 Å². The first-order valence-electron chi connectivity index (χ1n) is 5.80. The topological polar surface area (TPSA) is 47.8 Å². The van der Waals surface area contributed by atoms with Gasteiger partial charge in [-0.05, 0) is 20.3 Å². The summed E-state index contributed by atoms with van der Waals surface area (Å²) >= 11 is 3.31. The van der Waals surface area contributed by atoms with Crippen LogP contribution in [0, 0.1) is 6.92 Å². The van der Waals surface area contributed by atoms with Gasteiger partial charge in [-0.15, -0.1) is 11.3 Å². The largest absolute Gasteiger partial charge is 0.328 e. The number of thioether (sulfide) groups is 1. The third-order valence-electron chi connectivity index (χ3n) is 2.59. The Bertz CT molecular complexity index is 577. The normalized spacial score (nSPS) is 10.8. The van der Waals surface area contributed by atoms with E-state index in [-0.39, 0.29) is 5.56 Å². The minimum absolute atomic E-state index is 0.170. The number of hydrogen-bond donors (Lipinski definition) is 0. The van der Waals surface area contributed by atoms with E-state index in [9.17, 15) is 4.79 Å². The summed E-state index contributed by atoms with van der Waals surface area (Å²) in [5.41, 5.74) is 2.81. The van der Waals surface area contributed by atoms with E-state index in [0.29, 0.717) is 0 Å². The van der Waals surface area contributed by atoms with Crippen molar-refractivity contribution in [3.8, 4) is 0 Å². The molecule has 2 rings (SSSR count). The van der Waals surface area contributed by atoms with Gasteiger partial charge in [0.05, 0.1) is 11.2 Å². The first-order chi connectivity index (χ1) is 8.70. The summed E-state index contributed by atoms with van der Waals surface area (Å²) in [6.07, 6.45) is 2.77. The molecule has 0 unspecified atom stereocenters. The lowest BCUT2D eigenvalue weighted by atomic mass is 10.3. The highest BCUT2D eigenvalue weighted by Crippen LogP contribution is 2.19. The molecule has 2 aromatic rings. The average molecular weight is 281 g/mol. The monoisotopic (exact) mass is 281 g/mol. The predicted molar refractivity (Wildman–Crippen MR) is 75.5 cm³/mol. The Balaban J connectivity index is 2.00. The van der Waals surface area contributed by atoms with Crippen molar-refractivity contribution in [2.24, 2.45) is 0 Å². The Labute approximate surface area is 114 Å². The van der Waals surface area contributed by atoms with E-state index >= 15 is 0 Å². The van der Waals surface area contributed by atoms with E-state index < -0.39 is 0 Å². The van der Waals surface area contributed by atoms with Crippen LogP contribution in [0.25, 0.3) is 0 Å². The van der Waals surface area contributed by atoms with E-state index in [2.05, 4.69) is 9.97 Å². The van der Waals surface area contributed by atoms with Gasteiger partial charge >= 0.3 is 0 Å². The molecule has 0 N–H and O–H groups in total. The molecule has 0 atom stereocenters. The second-order valence-electron chi connectivity index (χ2n) is 3.79. The van der Waals surface area contributed by atoms with E-state index in [1.165, 1.54) is 10.9 Å². The van der Waals surface area contributed by atoms with Gasteiger partial charge < -0.3 is 4.57 Å². The maximum atomic E-state index is 11.3. The van der Waals surface area contributed by atoms with E-state index in [4.69, 9.17) is 0 Å². The molecular weight excluding hydrogens is 266 g/mol. The van der Waals surface area contributed by atoms with Crippen LogP contribution in [0.3, 0.4) is 0 Å². The standard InChI is InChI=1S/C12H15N3OS2/c1-3-15-6-4-11(16)14-12(15)17-7-5-10-9(2)13-8-18-10/h4,6,8H,3,5,7H2,1-2H3. The first kappa shape index (κ1) is 13.3. The molecule has 0 radical (unpaired) electrons. The van der Waals surface area contributed by atoms with Crippen molar-refractivity contribution in [3.05, 3.63) is 38.7 Å². The molecule has 96 valence electrons. The third kappa shape index (κ3) is 3.20. The highest BCUT2D eigenvalue weighted by atomic mass is 32.2. The van der Waals surface area contributed by atoms with Gasteiger partial charge in [-0.3, -0.25) is 4.79 Å². The summed E-state index contributed by atoms with van der Waals surface area (Å²) in [5, 5.41) is 0.798. The number of hydrogen-bond acceptors (Lipinski definition) is 5. The number of nitrogens with zero attached hydrogens (tertiary/aromatic N) is 3. The molecule has 0 aliphatic carbocycles. The Hall–Kier alpha value is -1.14. The molecule has 0 spiro atoms. The van der Waals surface area contributed by atoms with Crippen LogP contribution in [0.2, 0.25) is 0 Å². The summed E-state index contributed by atoms with van der Waals surface area (Å²) < 4.78 is 1.99. The van der Waals surface area contributed by atoms with Gasteiger partial charge in [0.1, 0.15) is 0 Å². The molecular formula is C12H15N3OS2. The van der Waals surface area contributed by atoms with Crippen LogP contribution in [0.5, 0.6) is 0 Å². The van der Waals surface area contributed by atoms with Crippen molar-refractivity contribution >= 4 is 23.1 Å².